The summed E-state index contributed by atoms with van der Waals surface area (Å²) in [5.74, 6) is 0.796. The van der Waals surface area contributed by atoms with Crippen molar-refractivity contribution in [1.29, 1.82) is 0 Å². The average Bonchev–Trinajstić information content (AvgIpc) is 2.99. The summed E-state index contributed by atoms with van der Waals surface area (Å²) in [7, 11) is 0. The molecule has 0 aromatic heterocycles. The molecule has 1 radical (unpaired) electrons. The molecule has 2 rings (SSSR count). The lowest BCUT2D eigenvalue weighted by atomic mass is 10.1. The van der Waals surface area contributed by atoms with Crippen LogP contribution in [0.2, 0.25) is 0 Å². The van der Waals surface area contributed by atoms with E-state index in [9.17, 15) is 5.11 Å². The van der Waals surface area contributed by atoms with Gasteiger partial charge in [-0.25, -0.2) is 5.11 Å². The molecule has 0 saturated carbocycles. The normalized spacial score (nSPS) is 21.7. The van der Waals surface area contributed by atoms with Crippen LogP contribution >= 0.6 is 0 Å². The molecule has 1 aliphatic heterocycles. The first-order valence-corrected chi connectivity index (χ1v) is 4.76. The lowest BCUT2D eigenvalue weighted by Gasteiger charge is -2.06. The lowest BCUT2D eigenvalue weighted by molar-refractivity contribution is 0.106. The average molecular weight is 193 g/mol. The molecule has 1 aromatic rings. The fraction of sp³-hybridized carbons (Fsp3) is 0.455. The van der Waals surface area contributed by atoms with Gasteiger partial charge in [0.25, 0.3) is 0 Å². The maximum atomic E-state index is 11.1. The number of ether oxygens (including phenoxy) is 2. The molecule has 75 valence electrons. The van der Waals surface area contributed by atoms with E-state index < -0.39 is 6.10 Å². The summed E-state index contributed by atoms with van der Waals surface area (Å²) in [6, 6.07) is 7.26. The first-order valence-electron chi connectivity index (χ1n) is 4.76. The predicted octanol–water partition coefficient (Wildman–Crippen LogP) is 1.96. The molecule has 3 nitrogen and oxygen atoms in total. The molecule has 1 aromatic carbocycles. The van der Waals surface area contributed by atoms with Crippen molar-refractivity contribution in [2.45, 2.75) is 19.1 Å². The molecule has 0 bridgehead atoms. The van der Waals surface area contributed by atoms with Crippen molar-refractivity contribution in [3.63, 3.8) is 0 Å². The predicted molar refractivity (Wildman–Crippen MR) is 50.8 cm³/mol. The molecule has 0 amide bonds. The van der Waals surface area contributed by atoms with Crippen molar-refractivity contribution < 1.29 is 14.6 Å². The third-order valence-corrected chi connectivity index (χ3v) is 2.19. The van der Waals surface area contributed by atoms with Gasteiger partial charge < -0.3 is 9.47 Å². The minimum absolute atomic E-state index is 0.271. The van der Waals surface area contributed by atoms with E-state index in [1.54, 1.807) is 19.1 Å². The zero-order valence-corrected chi connectivity index (χ0v) is 8.10. The van der Waals surface area contributed by atoms with Gasteiger partial charge in [-0.2, -0.15) is 0 Å². The van der Waals surface area contributed by atoms with Crippen LogP contribution in [0.1, 0.15) is 18.6 Å². The molecule has 0 aliphatic carbocycles. The number of epoxide rings is 1. The van der Waals surface area contributed by atoms with Gasteiger partial charge in [-0.05, 0) is 24.6 Å². The summed E-state index contributed by atoms with van der Waals surface area (Å²) < 4.78 is 10.5. The first-order chi connectivity index (χ1) is 6.75. The molecule has 0 N–H and O–H groups in total. The molecule has 0 spiro atoms. The molecule has 1 fully saturated rings. The zero-order chi connectivity index (χ0) is 9.97. The highest BCUT2D eigenvalue weighted by Gasteiger charge is 2.22. The Balaban J connectivity index is 1.91. The quantitative estimate of drug-likeness (QED) is 0.686. The Morgan fingerprint density at radius 2 is 2.14 bits per heavy atom. The van der Waals surface area contributed by atoms with Crippen molar-refractivity contribution in [2.24, 2.45) is 0 Å². The maximum absolute atomic E-state index is 11.1. The van der Waals surface area contributed by atoms with E-state index in [4.69, 9.17) is 9.47 Å². The third-order valence-electron chi connectivity index (χ3n) is 2.19. The van der Waals surface area contributed by atoms with Gasteiger partial charge in [0.2, 0.25) is 0 Å². The summed E-state index contributed by atoms with van der Waals surface area (Å²) in [5, 5.41) is 11.1. The largest absolute Gasteiger partial charge is 0.491 e. The summed E-state index contributed by atoms with van der Waals surface area (Å²) >= 11 is 0. The van der Waals surface area contributed by atoms with Crippen molar-refractivity contribution in [1.82, 2.24) is 0 Å². The molecule has 3 heteroatoms. The van der Waals surface area contributed by atoms with Crippen LogP contribution in [-0.2, 0) is 9.84 Å². The van der Waals surface area contributed by atoms with Crippen LogP contribution in [0.3, 0.4) is 0 Å². The van der Waals surface area contributed by atoms with Crippen molar-refractivity contribution in [2.75, 3.05) is 13.2 Å². The summed E-state index contributed by atoms with van der Waals surface area (Å²) in [6.45, 7) is 3.04. The van der Waals surface area contributed by atoms with Crippen molar-refractivity contribution >= 4 is 0 Å². The zero-order valence-electron chi connectivity index (χ0n) is 8.10. The van der Waals surface area contributed by atoms with Crippen LogP contribution in [0, 0.1) is 0 Å². The highest BCUT2D eigenvalue weighted by atomic mass is 16.6. The van der Waals surface area contributed by atoms with E-state index >= 15 is 0 Å². The number of benzene rings is 1. The summed E-state index contributed by atoms with van der Waals surface area (Å²) in [4.78, 5) is 0. The van der Waals surface area contributed by atoms with E-state index in [0.717, 1.165) is 17.9 Å². The van der Waals surface area contributed by atoms with Gasteiger partial charge in [-0.3, -0.25) is 0 Å². The molecule has 2 unspecified atom stereocenters. The topological polar surface area (TPSA) is 41.7 Å². The molecular formula is C11H13O3. The third kappa shape index (κ3) is 2.47. The molecule has 1 aliphatic rings. The van der Waals surface area contributed by atoms with Crippen molar-refractivity contribution in [3.05, 3.63) is 29.8 Å². The fourth-order valence-electron chi connectivity index (χ4n) is 1.19. The maximum Gasteiger partial charge on any atom is 0.119 e. The van der Waals surface area contributed by atoms with Crippen LogP contribution in [0.15, 0.2) is 24.3 Å². The van der Waals surface area contributed by atoms with Gasteiger partial charge in [0, 0.05) is 0 Å². The minimum atomic E-state index is -0.671. The molecular weight excluding hydrogens is 180 g/mol. The van der Waals surface area contributed by atoms with Crippen LogP contribution in [0.25, 0.3) is 0 Å². The molecule has 1 saturated heterocycles. The SMILES string of the molecule is CC([O])c1ccc(OCC2CO2)cc1. The van der Waals surface area contributed by atoms with Crippen LogP contribution in [0.5, 0.6) is 5.75 Å². The Bertz CT molecular complexity index is 288. The Hall–Kier alpha value is -1.06. The Morgan fingerprint density at radius 1 is 1.50 bits per heavy atom. The number of hydrogen-bond donors (Lipinski definition) is 0. The second kappa shape index (κ2) is 3.98. The highest BCUT2D eigenvalue weighted by molar-refractivity contribution is 5.28. The van der Waals surface area contributed by atoms with E-state index in [1.165, 1.54) is 0 Å². The van der Waals surface area contributed by atoms with E-state index in [0.29, 0.717) is 6.61 Å². The van der Waals surface area contributed by atoms with Crippen LogP contribution in [-0.4, -0.2) is 19.3 Å². The van der Waals surface area contributed by atoms with Gasteiger partial charge in [-0.1, -0.05) is 12.1 Å². The fourth-order valence-corrected chi connectivity index (χ4v) is 1.19. The second-order valence-corrected chi connectivity index (χ2v) is 3.48. The van der Waals surface area contributed by atoms with E-state index in [1.807, 2.05) is 12.1 Å². The minimum Gasteiger partial charge on any atom is -0.491 e. The number of rotatable bonds is 4. The Labute approximate surface area is 83.3 Å². The second-order valence-electron chi connectivity index (χ2n) is 3.48. The molecule has 2 atom stereocenters. The molecule has 14 heavy (non-hydrogen) atoms. The Kier molecular flexibility index (Phi) is 2.70. The standard InChI is InChI=1S/C11H13O3/c1-8(12)9-2-4-10(5-3-9)13-6-11-7-14-11/h2-5,8,11H,6-7H2,1H3. The lowest BCUT2D eigenvalue weighted by Crippen LogP contribution is -2.03. The van der Waals surface area contributed by atoms with Crippen LogP contribution < -0.4 is 4.74 Å². The van der Waals surface area contributed by atoms with Gasteiger partial charge in [0.1, 0.15) is 24.6 Å². The first kappa shape index (κ1) is 9.49. The van der Waals surface area contributed by atoms with Gasteiger partial charge >= 0.3 is 0 Å². The van der Waals surface area contributed by atoms with E-state index in [-0.39, 0.29) is 6.10 Å². The van der Waals surface area contributed by atoms with Gasteiger partial charge in [0.15, 0.2) is 0 Å². The molecule has 1 heterocycles. The van der Waals surface area contributed by atoms with E-state index in [2.05, 4.69) is 0 Å². The highest BCUT2D eigenvalue weighted by Crippen LogP contribution is 2.19. The van der Waals surface area contributed by atoms with Gasteiger partial charge in [0.05, 0.1) is 6.61 Å². The summed E-state index contributed by atoms with van der Waals surface area (Å²) in [5.41, 5.74) is 0.792. The Morgan fingerprint density at radius 3 is 2.64 bits per heavy atom. The van der Waals surface area contributed by atoms with Gasteiger partial charge in [-0.15, -0.1) is 0 Å². The monoisotopic (exact) mass is 193 g/mol. The number of hydrogen-bond acceptors (Lipinski definition) is 2. The van der Waals surface area contributed by atoms with Crippen LogP contribution in [0.4, 0.5) is 0 Å². The summed E-state index contributed by atoms with van der Waals surface area (Å²) in [6.07, 6.45) is -0.399. The smallest absolute Gasteiger partial charge is 0.119 e. The van der Waals surface area contributed by atoms with Crippen molar-refractivity contribution in [3.8, 4) is 5.75 Å².